The number of amides is 10. The Morgan fingerprint density at radius 2 is 0.736 bits per heavy atom. The van der Waals surface area contributed by atoms with Crippen LogP contribution in [-0.4, -0.2) is 202 Å². The summed E-state index contributed by atoms with van der Waals surface area (Å²) in [6.45, 7) is 6.84. The minimum atomic E-state index is -0.922. The molecule has 0 spiro atoms. The maximum absolute atomic E-state index is 10.5. The van der Waals surface area contributed by atoms with Crippen LogP contribution < -0.4 is 53.2 Å². The van der Waals surface area contributed by atoms with Crippen molar-refractivity contribution in [2.75, 3.05) is 118 Å². The number of nitrogens with one attached hydrogen (secondary N) is 10. The highest BCUT2D eigenvalue weighted by molar-refractivity contribution is 5.96. The highest BCUT2D eigenvalue weighted by Gasteiger charge is 2.05. The molecule has 0 saturated carbocycles. The van der Waals surface area contributed by atoms with E-state index in [0.717, 1.165) is 14.2 Å². The van der Waals surface area contributed by atoms with E-state index in [4.69, 9.17) is 0 Å². The molecule has 0 radical (unpaired) electrons. The monoisotopic (exact) mass is 1050 g/mol. The molecule has 0 aromatic rings. The summed E-state index contributed by atoms with van der Waals surface area (Å²) in [4.78, 5) is 144. The molecule has 0 fully saturated rings. The van der Waals surface area contributed by atoms with Crippen LogP contribution >= 0.6 is 0 Å². The first-order valence-corrected chi connectivity index (χ1v) is 19.7. The van der Waals surface area contributed by atoms with Gasteiger partial charge in [0.2, 0.25) is 30.4 Å². The van der Waals surface area contributed by atoms with E-state index in [2.05, 4.69) is 101 Å². The zero-order chi connectivity index (χ0) is 57.9. The Labute approximate surface area is 416 Å². The summed E-state index contributed by atoms with van der Waals surface area (Å²) in [7, 11) is 15.1. The van der Waals surface area contributed by atoms with E-state index >= 15 is 0 Å². The molecule has 0 aromatic heterocycles. The van der Waals surface area contributed by atoms with Crippen LogP contribution in [0.25, 0.3) is 0 Å². The van der Waals surface area contributed by atoms with E-state index in [1.54, 1.807) is 14.2 Å². The summed E-state index contributed by atoms with van der Waals surface area (Å²) in [6.07, 6.45) is -3.27. The number of rotatable bonds is 16. The summed E-state index contributed by atoms with van der Waals surface area (Å²) in [5.41, 5.74) is 0. The summed E-state index contributed by atoms with van der Waals surface area (Å²) < 4.78 is 42.4. The Hall–Kier alpha value is -8.30. The van der Waals surface area contributed by atoms with Crippen molar-refractivity contribution in [2.24, 2.45) is 0 Å². The van der Waals surface area contributed by atoms with Gasteiger partial charge >= 0.3 is 48.5 Å². The van der Waals surface area contributed by atoms with Crippen LogP contribution in [0.4, 0.5) is 28.8 Å². The lowest BCUT2D eigenvalue weighted by molar-refractivity contribution is -0.145. The van der Waals surface area contributed by atoms with Gasteiger partial charge in [0, 0.05) is 63.2 Å². The molecule has 10 N–H and O–H groups in total. The molecule has 10 amide bonds. The van der Waals surface area contributed by atoms with Gasteiger partial charge in [0.25, 0.3) is 0 Å². The van der Waals surface area contributed by atoms with Gasteiger partial charge in [-0.25, -0.2) is 28.8 Å². The standard InChI is InChI=1S/C5H12N4O2.C5H10N2O4.2C5H10N2O2.C5H8O6.2C5H8O3.C3H8O2/c1-6-4(10)8-3-9-5(11)7-2;1-10-4(8)6-3-7-5(9)11-2;1-6-4(8)3-5(9)7-2;1-4(8)6-3-7-5(2)9;1-8-4(6)10-3-11-5(7)9-2;1-4(6)3-5(7)8-2;1-4(6)3-8-5(2)7;1-4-3-5-2/h3H2,1-2H3,(H2,6,8,10)(H2,7,9,11);3H2,1-2H3,(H,6,8)(H,7,9);2*3H2,1-2H3,(H,6,8)(H,7,9);3H2,1-2H3;2*3H2,1-2H3;3H2,1-2H3. The van der Waals surface area contributed by atoms with Gasteiger partial charge < -0.3 is 101 Å². The molecule has 420 valence electrons. The van der Waals surface area contributed by atoms with Crippen molar-refractivity contribution in [3.05, 3.63) is 0 Å². The average Bonchev–Trinajstić information content (AvgIpc) is 3.33. The lowest BCUT2D eigenvalue weighted by Crippen LogP contribution is -2.43. The van der Waals surface area contributed by atoms with Crippen LogP contribution in [0.15, 0.2) is 0 Å². The van der Waals surface area contributed by atoms with E-state index in [-0.39, 0.29) is 86.7 Å². The summed E-state index contributed by atoms with van der Waals surface area (Å²) in [6, 6.07) is -0.664. The van der Waals surface area contributed by atoms with Gasteiger partial charge in [-0.15, -0.1) is 0 Å². The molecule has 72 heavy (non-hydrogen) atoms. The quantitative estimate of drug-likeness (QED) is 0.0332. The van der Waals surface area contributed by atoms with Crippen molar-refractivity contribution >= 4 is 83.7 Å². The Morgan fingerprint density at radius 1 is 0.375 bits per heavy atom. The van der Waals surface area contributed by atoms with Gasteiger partial charge in [0.05, 0.1) is 55.6 Å². The van der Waals surface area contributed by atoms with Gasteiger partial charge in [-0.2, -0.15) is 0 Å². The second kappa shape index (κ2) is 62.7. The van der Waals surface area contributed by atoms with Crippen LogP contribution in [0.5, 0.6) is 0 Å². The Morgan fingerprint density at radius 3 is 0.944 bits per heavy atom. The molecule has 34 nitrogen and oxygen atoms in total. The number of carbonyl (C=O) groups excluding carboxylic acids is 14. The zero-order valence-corrected chi connectivity index (χ0v) is 43.5. The van der Waals surface area contributed by atoms with E-state index in [1.165, 1.54) is 84.1 Å². The van der Waals surface area contributed by atoms with Crippen LogP contribution in [0.3, 0.4) is 0 Å². The SMILES string of the molecule is CC(=O)COC(C)=O.CC(=O)NCNC(C)=O.CNC(=O)CC(=O)NC.CNC(=O)NCNC(=O)NC.COC(=O)CC(C)=O.COC(=O)NCNC(=O)OC.COC(=O)OCOC(=O)OC.COCOC. The van der Waals surface area contributed by atoms with Gasteiger partial charge in [-0.1, -0.05) is 0 Å². The number of alkyl carbamates (subject to hydrolysis) is 2. The number of methoxy groups -OCH3 is 7. The van der Waals surface area contributed by atoms with Crippen molar-refractivity contribution in [1.82, 2.24) is 53.2 Å². The highest BCUT2D eigenvalue weighted by Crippen LogP contribution is 1.86. The first kappa shape index (κ1) is 80.7. The second-order valence-electron chi connectivity index (χ2n) is 11.3. The molecule has 0 aliphatic rings. The van der Waals surface area contributed by atoms with E-state index < -0.39 is 43.2 Å². The smallest absolute Gasteiger partial charge is 0.469 e. The normalized spacial score (nSPS) is 8.22. The highest BCUT2D eigenvalue weighted by atomic mass is 16.8. The van der Waals surface area contributed by atoms with Crippen molar-refractivity contribution in [3.8, 4) is 0 Å². The minimum absolute atomic E-state index is 0.0145. The minimum Gasteiger partial charge on any atom is -0.469 e. The third kappa shape index (κ3) is 95.9. The first-order valence-electron chi connectivity index (χ1n) is 19.7. The average molecular weight is 1060 g/mol. The summed E-state index contributed by atoms with van der Waals surface area (Å²) in [5.74, 6) is -2.04. The Balaban J connectivity index is -0.000000109. The van der Waals surface area contributed by atoms with Crippen molar-refractivity contribution in [2.45, 2.75) is 47.5 Å². The van der Waals surface area contributed by atoms with Gasteiger partial charge in [-0.05, 0) is 13.8 Å². The van der Waals surface area contributed by atoms with E-state index in [0.29, 0.717) is 6.79 Å². The summed E-state index contributed by atoms with van der Waals surface area (Å²) in [5, 5.41) is 23.3. The molecule has 0 unspecified atom stereocenters. The first-order chi connectivity index (χ1) is 33.6. The van der Waals surface area contributed by atoms with Crippen LogP contribution in [0.1, 0.15) is 47.5 Å². The summed E-state index contributed by atoms with van der Waals surface area (Å²) >= 11 is 0. The molecule has 0 bridgehead atoms. The molecule has 0 aliphatic heterocycles. The molecule has 34 heteroatoms. The zero-order valence-electron chi connectivity index (χ0n) is 43.5. The Bertz CT molecular complexity index is 1400. The number of hydrogen-bond donors (Lipinski definition) is 10. The predicted octanol–water partition coefficient (Wildman–Crippen LogP) is -2.43. The molecular formula is C38H74N10O24. The largest absolute Gasteiger partial charge is 0.510 e. The molecule has 0 rings (SSSR count). The van der Waals surface area contributed by atoms with E-state index in [1.807, 2.05) is 0 Å². The van der Waals surface area contributed by atoms with Gasteiger partial charge in [-0.3, -0.25) is 38.4 Å². The fourth-order valence-corrected chi connectivity index (χ4v) is 2.17. The lowest BCUT2D eigenvalue weighted by atomic mass is 10.3. The van der Waals surface area contributed by atoms with Crippen molar-refractivity contribution in [1.29, 1.82) is 0 Å². The maximum atomic E-state index is 10.5. The molecule has 0 saturated heterocycles. The number of esters is 2. The number of ketones is 2. The van der Waals surface area contributed by atoms with E-state index in [9.17, 15) is 67.1 Å². The van der Waals surface area contributed by atoms with Crippen molar-refractivity contribution < 1.29 is 114 Å². The molecule has 0 aliphatic carbocycles. The number of ether oxygens (including phenoxy) is 10. The topological polar surface area (TPSA) is 452 Å². The van der Waals surface area contributed by atoms with Gasteiger partial charge in [0.1, 0.15) is 32.0 Å². The fraction of sp³-hybridized carbons (Fsp3) is 0.632. The maximum Gasteiger partial charge on any atom is 0.510 e. The third-order valence-corrected chi connectivity index (χ3v) is 5.36. The third-order valence-electron chi connectivity index (χ3n) is 5.36. The number of urea groups is 2. The van der Waals surface area contributed by atoms with Gasteiger partial charge in [0.15, 0.2) is 5.78 Å². The van der Waals surface area contributed by atoms with Crippen molar-refractivity contribution in [3.63, 3.8) is 0 Å². The molecule has 0 atom stereocenters. The Kier molecular flexibility index (Phi) is 70.3. The van der Waals surface area contributed by atoms with Crippen LogP contribution in [-0.2, 0) is 85.7 Å². The fourth-order valence-electron chi connectivity index (χ4n) is 2.17. The number of carbonyl (C=O) groups is 14. The second-order valence-corrected chi connectivity index (χ2v) is 11.3. The molecular weight excluding hydrogens is 980 g/mol. The number of Topliss-reactive ketones (excluding diaryl/α,β-unsaturated/α-hetero) is 2. The predicted molar refractivity (Wildman–Crippen MR) is 247 cm³/mol. The molecule has 0 aromatic carbocycles. The lowest BCUT2D eigenvalue weighted by Gasteiger charge is -2.05. The molecule has 0 heterocycles. The number of hydrogen-bond acceptors (Lipinski definition) is 24. The van der Waals surface area contributed by atoms with Crippen LogP contribution in [0, 0.1) is 0 Å². The van der Waals surface area contributed by atoms with Crippen LogP contribution in [0.2, 0.25) is 0 Å².